The van der Waals surface area contributed by atoms with Gasteiger partial charge in [-0.15, -0.1) is 0 Å². The van der Waals surface area contributed by atoms with Crippen LogP contribution in [0.3, 0.4) is 0 Å². The number of aromatic carboxylic acids is 1. The number of likely N-dealkylation sites (tertiary alicyclic amines) is 1. The van der Waals surface area contributed by atoms with Crippen molar-refractivity contribution in [1.82, 2.24) is 4.90 Å². The van der Waals surface area contributed by atoms with Gasteiger partial charge in [-0.2, -0.15) is 0 Å². The summed E-state index contributed by atoms with van der Waals surface area (Å²) in [6, 6.07) is 21.4. The van der Waals surface area contributed by atoms with E-state index in [1.54, 1.807) is 20.8 Å². The molecule has 1 saturated heterocycles. The van der Waals surface area contributed by atoms with Crippen molar-refractivity contribution in [3.63, 3.8) is 0 Å². The molecule has 0 unspecified atom stereocenters. The highest BCUT2D eigenvalue weighted by molar-refractivity contribution is 5.99. The summed E-state index contributed by atoms with van der Waals surface area (Å²) in [5, 5.41) is 9.79. The summed E-state index contributed by atoms with van der Waals surface area (Å²) in [4.78, 5) is 28.3. The van der Waals surface area contributed by atoms with Crippen LogP contribution in [0.5, 0.6) is 23.0 Å². The molecule has 1 fully saturated rings. The Kier molecular flexibility index (Phi) is 11.9. The standard InChI is InChI=1S/C43H49NO7/c1-26-29(4)39(31(6)40(48-7)35(26)42(45)46)51-43(47)36-27(2)28(3)38(30(5)41(36)49-8)50-25-15-22-44-23-20-34(21-24-44)37(32-16-11-9-12-17-32)33-18-13-10-14-19-33/h9-14,16-19H,15,20-25H2,1-8H3,(H,45,46). The molecule has 1 aliphatic rings. The Morgan fingerprint density at radius 3 is 1.67 bits per heavy atom. The fourth-order valence-electron chi connectivity index (χ4n) is 7.27. The molecule has 0 aliphatic carbocycles. The van der Waals surface area contributed by atoms with Crippen molar-refractivity contribution < 1.29 is 33.6 Å². The number of esters is 1. The van der Waals surface area contributed by atoms with Gasteiger partial charge in [0.2, 0.25) is 0 Å². The summed E-state index contributed by atoms with van der Waals surface area (Å²) in [6.45, 7) is 14.3. The summed E-state index contributed by atoms with van der Waals surface area (Å²) in [5.74, 6) is -0.171. The molecule has 268 valence electrons. The summed E-state index contributed by atoms with van der Waals surface area (Å²) in [7, 11) is 2.94. The van der Waals surface area contributed by atoms with E-state index in [1.807, 2.05) is 20.8 Å². The molecule has 51 heavy (non-hydrogen) atoms. The minimum atomic E-state index is -1.11. The van der Waals surface area contributed by atoms with E-state index in [2.05, 4.69) is 65.6 Å². The lowest BCUT2D eigenvalue weighted by Crippen LogP contribution is -2.32. The summed E-state index contributed by atoms with van der Waals surface area (Å²) in [5.41, 5.74) is 9.47. The normalized spacial score (nSPS) is 13.1. The van der Waals surface area contributed by atoms with Gasteiger partial charge in [-0.25, -0.2) is 9.59 Å². The van der Waals surface area contributed by atoms with Crippen LogP contribution >= 0.6 is 0 Å². The Balaban J connectivity index is 1.27. The van der Waals surface area contributed by atoms with E-state index in [-0.39, 0.29) is 17.1 Å². The van der Waals surface area contributed by atoms with E-state index in [0.29, 0.717) is 45.9 Å². The van der Waals surface area contributed by atoms with Crippen molar-refractivity contribution >= 4 is 17.5 Å². The fourth-order valence-corrected chi connectivity index (χ4v) is 7.27. The lowest BCUT2D eigenvalue weighted by molar-refractivity contribution is 0.0692. The molecule has 0 bridgehead atoms. The highest BCUT2D eigenvalue weighted by atomic mass is 16.5. The van der Waals surface area contributed by atoms with Crippen LogP contribution in [-0.2, 0) is 0 Å². The second-order valence-corrected chi connectivity index (χ2v) is 13.2. The largest absolute Gasteiger partial charge is 0.495 e. The summed E-state index contributed by atoms with van der Waals surface area (Å²) in [6.07, 6.45) is 2.92. The number of carboxylic acids is 1. The number of hydrogen-bond acceptors (Lipinski definition) is 7. The lowest BCUT2D eigenvalue weighted by atomic mass is 9.88. The SMILES string of the molecule is COc1c(C)c(OC(=O)c2c(C)c(C)c(OCCCN3CCC(=C(c4ccccc4)c4ccccc4)CC3)c(C)c2OC)c(C)c(C)c1C(=O)O. The minimum Gasteiger partial charge on any atom is -0.495 e. The van der Waals surface area contributed by atoms with Crippen LogP contribution in [0.15, 0.2) is 66.2 Å². The third kappa shape index (κ3) is 7.66. The Morgan fingerprint density at radius 1 is 0.647 bits per heavy atom. The molecule has 1 N–H and O–H groups in total. The third-order valence-corrected chi connectivity index (χ3v) is 10.2. The zero-order valence-corrected chi connectivity index (χ0v) is 31.1. The summed E-state index contributed by atoms with van der Waals surface area (Å²) < 4.78 is 23.6. The molecule has 0 saturated carbocycles. The summed E-state index contributed by atoms with van der Waals surface area (Å²) >= 11 is 0. The average Bonchev–Trinajstić information content (AvgIpc) is 3.13. The molecule has 0 radical (unpaired) electrons. The number of carbonyl (C=O) groups excluding carboxylic acids is 1. The topological polar surface area (TPSA) is 94.5 Å². The van der Waals surface area contributed by atoms with Crippen molar-refractivity contribution in [2.75, 3.05) is 40.5 Å². The van der Waals surface area contributed by atoms with Crippen LogP contribution in [0.2, 0.25) is 0 Å². The molecule has 8 heteroatoms. The third-order valence-electron chi connectivity index (χ3n) is 10.2. The van der Waals surface area contributed by atoms with Crippen LogP contribution in [0, 0.1) is 41.5 Å². The fraction of sp³-hybridized carbons (Fsp3) is 0.349. The maximum absolute atomic E-state index is 13.8. The first-order valence-electron chi connectivity index (χ1n) is 17.5. The van der Waals surface area contributed by atoms with Crippen molar-refractivity contribution in [3.8, 4) is 23.0 Å². The first-order valence-corrected chi connectivity index (χ1v) is 17.5. The Hall–Kier alpha value is -5.08. The average molecular weight is 692 g/mol. The van der Waals surface area contributed by atoms with Gasteiger partial charge in [-0.3, -0.25) is 0 Å². The smallest absolute Gasteiger partial charge is 0.347 e. The molecule has 4 aromatic carbocycles. The molecular weight excluding hydrogens is 642 g/mol. The quantitative estimate of drug-likeness (QED) is 0.0895. The molecule has 4 aromatic rings. The van der Waals surface area contributed by atoms with Gasteiger partial charge in [0.1, 0.15) is 34.1 Å². The molecular formula is C43H49NO7. The van der Waals surface area contributed by atoms with Gasteiger partial charge in [-0.05, 0) is 99.8 Å². The number of carboxylic acid groups (broad SMARTS) is 1. The molecule has 0 atom stereocenters. The molecule has 0 amide bonds. The number of rotatable bonds is 12. The minimum absolute atomic E-state index is 0.0522. The predicted molar refractivity (Wildman–Crippen MR) is 201 cm³/mol. The van der Waals surface area contributed by atoms with Gasteiger partial charge in [-0.1, -0.05) is 66.2 Å². The van der Waals surface area contributed by atoms with Gasteiger partial charge in [0.15, 0.2) is 0 Å². The molecule has 1 heterocycles. The number of nitrogens with zero attached hydrogens (tertiary/aromatic N) is 1. The van der Waals surface area contributed by atoms with Gasteiger partial charge in [0.05, 0.1) is 20.8 Å². The first-order chi connectivity index (χ1) is 24.5. The predicted octanol–water partition coefficient (Wildman–Crippen LogP) is 8.84. The molecule has 0 aromatic heterocycles. The zero-order valence-electron chi connectivity index (χ0n) is 31.1. The van der Waals surface area contributed by atoms with E-state index in [9.17, 15) is 14.7 Å². The second-order valence-electron chi connectivity index (χ2n) is 13.2. The van der Waals surface area contributed by atoms with Gasteiger partial charge in [0, 0.05) is 30.8 Å². The van der Waals surface area contributed by atoms with E-state index in [0.717, 1.165) is 50.0 Å². The molecule has 0 spiro atoms. The number of carbonyl (C=O) groups is 2. The molecule has 1 aliphatic heterocycles. The van der Waals surface area contributed by atoms with E-state index in [4.69, 9.17) is 18.9 Å². The van der Waals surface area contributed by atoms with Crippen LogP contribution in [0.25, 0.3) is 5.57 Å². The van der Waals surface area contributed by atoms with Gasteiger partial charge >= 0.3 is 11.9 Å². The lowest BCUT2D eigenvalue weighted by Gasteiger charge is -2.30. The highest BCUT2D eigenvalue weighted by Crippen LogP contribution is 2.42. The van der Waals surface area contributed by atoms with Crippen molar-refractivity contribution in [2.24, 2.45) is 0 Å². The van der Waals surface area contributed by atoms with E-state index in [1.165, 1.54) is 36.5 Å². The van der Waals surface area contributed by atoms with E-state index < -0.39 is 11.9 Å². The van der Waals surface area contributed by atoms with Crippen molar-refractivity contribution in [1.29, 1.82) is 0 Å². The Bertz CT molecular complexity index is 1900. The number of methoxy groups -OCH3 is 2. The Labute approximate surface area is 301 Å². The molecule has 8 nitrogen and oxygen atoms in total. The van der Waals surface area contributed by atoms with Crippen molar-refractivity contribution in [2.45, 2.75) is 60.8 Å². The van der Waals surface area contributed by atoms with Crippen LogP contribution in [0.4, 0.5) is 0 Å². The number of piperidine rings is 1. The maximum Gasteiger partial charge on any atom is 0.347 e. The Morgan fingerprint density at radius 2 is 1.14 bits per heavy atom. The monoisotopic (exact) mass is 691 g/mol. The second kappa shape index (κ2) is 16.3. The number of ether oxygens (including phenoxy) is 4. The first kappa shape index (κ1) is 37.2. The van der Waals surface area contributed by atoms with Crippen LogP contribution < -0.4 is 18.9 Å². The van der Waals surface area contributed by atoms with Gasteiger partial charge in [0.25, 0.3) is 0 Å². The van der Waals surface area contributed by atoms with Crippen LogP contribution in [0.1, 0.15) is 84.5 Å². The molecule has 5 rings (SSSR count). The zero-order chi connectivity index (χ0) is 36.8. The maximum atomic E-state index is 13.8. The van der Waals surface area contributed by atoms with E-state index >= 15 is 0 Å². The van der Waals surface area contributed by atoms with Gasteiger partial charge < -0.3 is 29.0 Å². The van der Waals surface area contributed by atoms with Crippen LogP contribution in [-0.4, -0.2) is 62.4 Å². The highest BCUT2D eigenvalue weighted by Gasteiger charge is 2.29. The number of benzene rings is 4. The number of hydrogen-bond donors (Lipinski definition) is 1. The van der Waals surface area contributed by atoms with Crippen molar-refractivity contribution in [3.05, 3.63) is 122 Å².